The molecule has 0 spiro atoms. The van der Waals surface area contributed by atoms with E-state index in [-0.39, 0.29) is 28.2 Å². The van der Waals surface area contributed by atoms with Gasteiger partial charge in [-0.2, -0.15) is 4.31 Å². The molecule has 0 aliphatic rings. The third-order valence-electron chi connectivity index (χ3n) is 4.80. The number of hydrogen-bond acceptors (Lipinski definition) is 4. The number of rotatable bonds is 9. The van der Waals surface area contributed by atoms with E-state index in [9.17, 15) is 18.0 Å². The molecule has 0 heterocycles. The maximum Gasteiger partial charge on any atom is 0.254 e. The molecule has 0 aromatic heterocycles. The van der Waals surface area contributed by atoms with Gasteiger partial charge in [0.1, 0.15) is 0 Å². The lowest BCUT2D eigenvalue weighted by atomic mass is 10.1. The highest BCUT2D eigenvalue weighted by atomic mass is 35.5. The van der Waals surface area contributed by atoms with Crippen LogP contribution in [0, 0.1) is 0 Å². The predicted molar refractivity (Wildman–Crippen MR) is 123 cm³/mol. The molecule has 0 fully saturated rings. The van der Waals surface area contributed by atoms with Gasteiger partial charge in [-0.05, 0) is 42.3 Å². The van der Waals surface area contributed by atoms with E-state index in [2.05, 4.69) is 5.32 Å². The first-order chi connectivity index (χ1) is 14.6. The van der Waals surface area contributed by atoms with E-state index in [1.165, 1.54) is 9.21 Å². The van der Waals surface area contributed by atoms with Gasteiger partial charge < -0.3 is 10.2 Å². The third-order valence-corrected chi connectivity index (χ3v) is 7.17. The van der Waals surface area contributed by atoms with E-state index in [4.69, 9.17) is 11.6 Å². The first kappa shape index (κ1) is 24.8. The van der Waals surface area contributed by atoms with Crippen LogP contribution < -0.4 is 5.32 Å². The number of carbonyl (C=O) groups is 2. The van der Waals surface area contributed by atoms with Crippen LogP contribution in [0.5, 0.6) is 0 Å². The first-order valence-corrected chi connectivity index (χ1v) is 11.8. The number of amides is 2. The van der Waals surface area contributed by atoms with Crippen molar-refractivity contribution in [3.8, 4) is 0 Å². The van der Waals surface area contributed by atoms with E-state index in [0.717, 1.165) is 5.56 Å². The average molecular weight is 466 g/mol. The molecule has 0 saturated carbocycles. The number of sulfonamides is 1. The van der Waals surface area contributed by atoms with Crippen LogP contribution in [-0.4, -0.2) is 56.6 Å². The van der Waals surface area contributed by atoms with Crippen molar-refractivity contribution in [1.82, 2.24) is 9.21 Å². The summed E-state index contributed by atoms with van der Waals surface area (Å²) in [5.41, 5.74) is 1.73. The Kier molecular flexibility index (Phi) is 8.61. The van der Waals surface area contributed by atoms with Crippen LogP contribution in [0.3, 0.4) is 0 Å². The van der Waals surface area contributed by atoms with E-state index in [1.54, 1.807) is 70.4 Å². The molecule has 2 aromatic rings. The number of hydrogen-bond donors (Lipinski definition) is 1. The van der Waals surface area contributed by atoms with Crippen LogP contribution in [0.1, 0.15) is 36.2 Å². The summed E-state index contributed by atoms with van der Waals surface area (Å²) >= 11 is 6.17. The van der Waals surface area contributed by atoms with Crippen molar-refractivity contribution in [1.29, 1.82) is 0 Å². The molecular formula is C22H28ClN3O4S. The fourth-order valence-corrected chi connectivity index (χ4v) is 4.75. The SMILES string of the molecule is CCN(CC)S(=O)(=O)c1ccc(CCC(=O)Nc2ccc(C(=O)N(C)C)c(Cl)c2)cc1. The number of benzene rings is 2. The Morgan fingerprint density at radius 2 is 1.61 bits per heavy atom. The van der Waals surface area contributed by atoms with Crippen molar-refractivity contribution in [3.05, 3.63) is 58.6 Å². The minimum Gasteiger partial charge on any atom is -0.345 e. The Labute approximate surface area is 189 Å². The lowest BCUT2D eigenvalue weighted by Gasteiger charge is -2.18. The Bertz CT molecular complexity index is 1030. The van der Waals surface area contributed by atoms with Crippen molar-refractivity contribution in [2.45, 2.75) is 31.6 Å². The predicted octanol–water partition coefficient (Wildman–Crippen LogP) is 3.64. The van der Waals surface area contributed by atoms with E-state index < -0.39 is 10.0 Å². The van der Waals surface area contributed by atoms with Crippen molar-refractivity contribution in [2.24, 2.45) is 0 Å². The van der Waals surface area contributed by atoms with Crippen molar-refractivity contribution in [2.75, 3.05) is 32.5 Å². The highest BCUT2D eigenvalue weighted by Gasteiger charge is 2.21. The van der Waals surface area contributed by atoms with E-state index in [1.807, 2.05) is 0 Å². The zero-order chi connectivity index (χ0) is 23.2. The number of aryl methyl sites for hydroxylation is 1. The molecule has 0 saturated heterocycles. The van der Waals surface area contributed by atoms with Crippen molar-refractivity contribution < 1.29 is 18.0 Å². The smallest absolute Gasteiger partial charge is 0.254 e. The summed E-state index contributed by atoms with van der Waals surface area (Å²) in [6, 6.07) is 11.3. The summed E-state index contributed by atoms with van der Waals surface area (Å²) in [5, 5.41) is 3.03. The second-order valence-electron chi connectivity index (χ2n) is 7.18. The Hall–Kier alpha value is -2.42. The molecule has 168 valence electrons. The highest BCUT2D eigenvalue weighted by Crippen LogP contribution is 2.22. The maximum atomic E-state index is 12.5. The summed E-state index contributed by atoms with van der Waals surface area (Å²) in [5.74, 6) is -0.420. The molecule has 0 aliphatic carbocycles. The minimum atomic E-state index is -3.49. The van der Waals surface area contributed by atoms with Crippen LogP contribution in [0.2, 0.25) is 5.02 Å². The number of carbonyl (C=O) groups excluding carboxylic acids is 2. The summed E-state index contributed by atoms with van der Waals surface area (Å²) < 4.78 is 26.5. The zero-order valence-electron chi connectivity index (χ0n) is 18.2. The van der Waals surface area contributed by atoms with Crippen LogP contribution in [0.15, 0.2) is 47.4 Å². The highest BCUT2D eigenvalue weighted by molar-refractivity contribution is 7.89. The fourth-order valence-electron chi connectivity index (χ4n) is 3.03. The van der Waals surface area contributed by atoms with Crippen LogP contribution in [-0.2, 0) is 21.2 Å². The Balaban J connectivity index is 1.97. The molecule has 1 N–H and O–H groups in total. The molecule has 31 heavy (non-hydrogen) atoms. The van der Waals surface area contributed by atoms with Gasteiger partial charge in [-0.1, -0.05) is 37.6 Å². The largest absolute Gasteiger partial charge is 0.345 e. The quantitative estimate of drug-likeness (QED) is 0.612. The molecule has 2 aromatic carbocycles. The minimum absolute atomic E-state index is 0.206. The summed E-state index contributed by atoms with van der Waals surface area (Å²) in [7, 11) is -0.217. The summed E-state index contributed by atoms with van der Waals surface area (Å²) in [6.07, 6.45) is 0.681. The van der Waals surface area contributed by atoms with Gasteiger partial charge in [0.2, 0.25) is 15.9 Å². The van der Waals surface area contributed by atoms with Gasteiger partial charge in [-0.25, -0.2) is 8.42 Å². The van der Waals surface area contributed by atoms with E-state index >= 15 is 0 Å². The average Bonchev–Trinajstić information content (AvgIpc) is 2.73. The third kappa shape index (κ3) is 6.29. The standard InChI is InChI=1S/C22H28ClN3O4S/c1-5-26(6-2)31(29,30)18-11-7-16(8-12-18)9-14-21(27)24-17-10-13-19(20(23)15-17)22(28)25(3)4/h7-8,10-13,15H,5-6,9,14H2,1-4H3,(H,24,27). The van der Waals surface area contributed by atoms with Gasteiger partial charge in [-0.3, -0.25) is 9.59 Å². The Morgan fingerprint density at radius 3 is 2.13 bits per heavy atom. The molecule has 2 amide bonds. The molecule has 0 unspecified atom stereocenters. The van der Waals surface area contributed by atoms with Gasteiger partial charge in [0.15, 0.2) is 0 Å². The molecule has 0 bridgehead atoms. The summed E-state index contributed by atoms with van der Waals surface area (Å²) in [6.45, 7) is 4.42. The maximum absolute atomic E-state index is 12.5. The van der Waals surface area contributed by atoms with Gasteiger partial charge in [0.05, 0.1) is 15.5 Å². The van der Waals surface area contributed by atoms with Crippen LogP contribution in [0.25, 0.3) is 0 Å². The second-order valence-corrected chi connectivity index (χ2v) is 9.52. The zero-order valence-corrected chi connectivity index (χ0v) is 19.8. The first-order valence-electron chi connectivity index (χ1n) is 10.00. The number of nitrogens with zero attached hydrogens (tertiary/aromatic N) is 2. The molecule has 9 heteroatoms. The fraction of sp³-hybridized carbons (Fsp3) is 0.364. The van der Waals surface area contributed by atoms with Gasteiger partial charge in [0, 0.05) is 39.3 Å². The molecule has 0 radical (unpaired) electrons. The van der Waals surface area contributed by atoms with Gasteiger partial charge >= 0.3 is 0 Å². The monoisotopic (exact) mass is 465 g/mol. The van der Waals surface area contributed by atoms with E-state index in [0.29, 0.717) is 30.8 Å². The molecule has 0 aliphatic heterocycles. The van der Waals surface area contributed by atoms with Gasteiger partial charge in [0.25, 0.3) is 5.91 Å². The van der Waals surface area contributed by atoms with Crippen LogP contribution >= 0.6 is 11.6 Å². The Morgan fingerprint density at radius 1 is 1.00 bits per heavy atom. The number of halogens is 1. The summed E-state index contributed by atoms with van der Waals surface area (Å²) in [4.78, 5) is 26.0. The topological polar surface area (TPSA) is 86.8 Å². The molecule has 7 nitrogen and oxygen atoms in total. The molecule has 2 rings (SSSR count). The lowest BCUT2D eigenvalue weighted by Crippen LogP contribution is -2.30. The number of nitrogens with one attached hydrogen (secondary N) is 1. The molecule has 0 atom stereocenters. The van der Waals surface area contributed by atoms with Gasteiger partial charge in [-0.15, -0.1) is 0 Å². The normalized spacial score (nSPS) is 11.4. The lowest BCUT2D eigenvalue weighted by molar-refractivity contribution is -0.116. The molecular weight excluding hydrogens is 438 g/mol. The van der Waals surface area contributed by atoms with Crippen molar-refractivity contribution >= 4 is 39.1 Å². The second kappa shape index (κ2) is 10.7. The number of anilines is 1. The van der Waals surface area contributed by atoms with Crippen molar-refractivity contribution in [3.63, 3.8) is 0 Å². The van der Waals surface area contributed by atoms with Crippen LogP contribution in [0.4, 0.5) is 5.69 Å².